The summed E-state index contributed by atoms with van der Waals surface area (Å²) in [5, 5.41) is 32.3. The summed E-state index contributed by atoms with van der Waals surface area (Å²) in [6, 6.07) is 7.87. The van der Waals surface area contributed by atoms with Gasteiger partial charge in [0.2, 0.25) is 13.6 Å². The average molecular weight is 1130 g/mol. The maximum Gasteiger partial charge on any atom is 0.231 e. The average Bonchev–Trinajstić information content (AvgIpc) is 4.08. The number of ether oxygens (including phenoxy) is 12. The third kappa shape index (κ3) is 8.68. The molecule has 19 heteroatoms. The van der Waals surface area contributed by atoms with Gasteiger partial charge in [0, 0.05) is 88.9 Å². The Kier molecular flexibility index (Phi) is 16.0. The summed E-state index contributed by atoms with van der Waals surface area (Å²) >= 11 is 0. The van der Waals surface area contributed by atoms with Crippen LogP contribution in [0.25, 0.3) is 0 Å². The second-order valence-electron chi connectivity index (χ2n) is 22.4. The molecule has 0 saturated carbocycles. The van der Waals surface area contributed by atoms with Crippen molar-refractivity contribution in [2.75, 3.05) is 89.5 Å². The van der Waals surface area contributed by atoms with E-state index in [0.717, 1.165) is 103 Å². The number of nitrogens with zero attached hydrogens (tertiary/aromatic N) is 6. The molecular weight excluding hydrogens is 1050 g/mol. The molecule has 1 N–H and O–H groups in total. The van der Waals surface area contributed by atoms with Crippen LogP contribution in [0.5, 0.6) is 57.5 Å². The van der Waals surface area contributed by atoms with E-state index >= 15 is 0 Å². The van der Waals surface area contributed by atoms with E-state index in [1.165, 1.54) is 5.56 Å². The predicted octanol–water partition coefficient (Wildman–Crippen LogP) is 8.12. The zero-order valence-electron chi connectivity index (χ0n) is 49.0. The number of aliphatic hydroxyl groups is 1. The molecule has 0 unspecified atom stereocenters. The number of piperazine rings is 2. The zero-order chi connectivity index (χ0) is 58.0. The lowest BCUT2D eigenvalue weighted by molar-refractivity contribution is -0.0832. The molecule has 8 aliphatic rings. The first-order valence-corrected chi connectivity index (χ1v) is 28.2. The van der Waals surface area contributed by atoms with E-state index < -0.39 is 12.1 Å². The van der Waals surface area contributed by atoms with Crippen LogP contribution in [-0.4, -0.2) is 150 Å². The molecule has 19 nitrogen and oxygen atoms in total. The standard InChI is InChI=1S/C32H39N3O6.C31H37N3O7/c1-8-10-38-29-18(4)30-32(41-16-40-30)26-20(29)13-23-27-25-19(11-17(3)28(37-7)31(25)39-15-36-6)12-22(34(27)5)24(14-33)35(23)21(26)9-2;1-7-8-38-28-17(3)29-31(41-15-40-29)25-19(28)11-21-26-24-18(9-16(2)27(37-6)30(24)39-14-36-5)10-20(33(26)4)22(12-32)34(21)23(25)13-35/h8,11,21-24,27H,1,9-10,12-13,15-16H2,2-7H3;7,9,20-23,26,35H,1,8,10-11,13-15H2,2-6H3/t21-,22-,23-,24-,27-;20-,21-,22-,23-,26-/m00/s1. The van der Waals surface area contributed by atoms with Gasteiger partial charge >= 0.3 is 0 Å². The number of aliphatic hydroxyl groups excluding tert-OH is 1. The Hall–Kier alpha value is -6.94. The van der Waals surface area contributed by atoms with E-state index in [9.17, 15) is 15.6 Å². The lowest BCUT2D eigenvalue weighted by Gasteiger charge is -2.60. The van der Waals surface area contributed by atoms with Crippen LogP contribution in [-0.2, 0) is 35.2 Å². The zero-order valence-corrected chi connectivity index (χ0v) is 49.0. The lowest BCUT2D eigenvalue weighted by Crippen LogP contribution is -2.68. The van der Waals surface area contributed by atoms with Gasteiger partial charge in [0.15, 0.2) is 59.6 Å². The molecule has 8 heterocycles. The Morgan fingerprint density at radius 3 is 1.37 bits per heavy atom. The molecule has 0 aliphatic carbocycles. The number of hydrogen-bond acceptors (Lipinski definition) is 19. The van der Waals surface area contributed by atoms with Crippen LogP contribution < -0.4 is 47.4 Å². The molecule has 4 bridgehead atoms. The maximum absolute atomic E-state index is 11.0. The molecule has 8 aliphatic heterocycles. The van der Waals surface area contributed by atoms with Crippen molar-refractivity contribution in [1.82, 2.24) is 19.6 Å². The summed E-state index contributed by atoms with van der Waals surface area (Å²) in [6.45, 7) is 18.9. The van der Waals surface area contributed by atoms with Gasteiger partial charge in [-0.3, -0.25) is 19.6 Å². The third-order valence-corrected chi connectivity index (χ3v) is 18.4. The highest BCUT2D eigenvalue weighted by Crippen LogP contribution is 2.61. The number of benzene rings is 4. The van der Waals surface area contributed by atoms with Crippen LogP contribution in [0.4, 0.5) is 0 Å². The first-order valence-electron chi connectivity index (χ1n) is 28.2. The SMILES string of the molecule is C=CCOc1c(C)c2c(c3c1C[C@H]1[C@H]4c5c(cc(C)c(OC)c5OCOC)C[C@@H]([C@H](C#N)N1[C@H]3CC)N4C)OCO2.C=CCOc1c(C)c2c(c3c1C[C@H]1[C@H]4c5c(cc(C)c(OC)c5OCOC)C[C@@H]([C@H](C#N)N1[C@H]3CO)N4C)OCO2. The molecule has 10 atom stereocenters. The number of nitriles is 2. The minimum absolute atomic E-state index is 0.0135. The molecule has 4 aromatic carbocycles. The van der Waals surface area contributed by atoms with Crippen molar-refractivity contribution in [2.45, 2.75) is 127 Å². The van der Waals surface area contributed by atoms with Gasteiger partial charge in [-0.15, -0.1) is 0 Å². The van der Waals surface area contributed by atoms with Gasteiger partial charge in [0.1, 0.15) is 36.8 Å². The molecular formula is C63H76N6O13. The fourth-order valence-electron chi connectivity index (χ4n) is 15.4. The summed E-state index contributed by atoms with van der Waals surface area (Å²) in [5.74, 6) is 7.10. The monoisotopic (exact) mass is 1120 g/mol. The molecule has 12 rings (SSSR count). The number of rotatable bonds is 16. The van der Waals surface area contributed by atoms with Crippen LogP contribution in [0, 0.1) is 50.4 Å². The van der Waals surface area contributed by atoms with E-state index in [2.05, 4.69) is 78.0 Å². The minimum atomic E-state index is -0.494. The number of hydrogen-bond donors (Lipinski definition) is 1. The van der Waals surface area contributed by atoms with E-state index in [1.807, 2.05) is 27.7 Å². The topological polar surface area (TPSA) is 192 Å². The summed E-state index contributed by atoms with van der Waals surface area (Å²) in [6.07, 6.45) is 6.92. The largest absolute Gasteiger partial charge is 0.493 e. The van der Waals surface area contributed by atoms with Crippen molar-refractivity contribution < 1.29 is 61.9 Å². The Labute approximate surface area is 480 Å². The van der Waals surface area contributed by atoms with Crippen molar-refractivity contribution in [1.29, 1.82) is 10.5 Å². The lowest BCUT2D eigenvalue weighted by atomic mass is 9.71. The highest BCUT2D eigenvalue weighted by molar-refractivity contribution is 5.68. The number of aryl methyl sites for hydroxylation is 2. The summed E-state index contributed by atoms with van der Waals surface area (Å²) in [4.78, 5) is 9.33. The van der Waals surface area contributed by atoms with Crippen LogP contribution in [0.15, 0.2) is 37.4 Å². The van der Waals surface area contributed by atoms with Gasteiger partial charge < -0.3 is 61.9 Å². The van der Waals surface area contributed by atoms with Gasteiger partial charge in [-0.2, -0.15) is 10.5 Å². The molecule has 0 radical (unpaired) electrons. The second-order valence-corrected chi connectivity index (χ2v) is 22.4. The van der Waals surface area contributed by atoms with Gasteiger partial charge in [-0.25, -0.2) is 0 Å². The van der Waals surface area contributed by atoms with Gasteiger partial charge in [0.25, 0.3) is 0 Å². The molecule has 0 amide bonds. The Balaban J connectivity index is 0.000000172. The molecule has 2 saturated heterocycles. The number of fused-ring (bicyclic) bond motifs is 18. The molecule has 0 spiro atoms. The Bertz CT molecular complexity index is 3050. The van der Waals surface area contributed by atoms with Crippen molar-refractivity contribution in [3.05, 3.63) is 104 Å². The summed E-state index contributed by atoms with van der Waals surface area (Å²) in [5.41, 5.74) is 12.2. The summed E-state index contributed by atoms with van der Waals surface area (Å²) < 4.78 is 71.5. The van der Waals surface area contributed by atoms with Crippen molar-refractivity contribution >= 4 is 0 Å². The Morgan fingerprint density at radius 2 is 0.988 bits per heavy atom. The Morgan fingerprint density at radius 1 is 0.573 bits per heavy atom. The van der Waals surface area contributed by atoms with Crippen LogP contribution >= 0.6 is 0 Å². The predicted molar refractivity (Wildman–Crippen MR) is 303 cm³/mol. The number of methoxy groups -OCH3 is 4. The van der Waals surface area contributed by atoms with Crippen LogP contribution in [0.2, 0.25) is 0 Å². The van der Waals surface area contributed by atoms with Gasteiger partial charge in [0.05, 0.1) is 51.1 Å². The molecule has 436 valence electrons. The fourth-order valence-corrected chi connectivity index (χ4v) is 15.4. The van der Waals surface area contributed by atoms with Gasteiger partial charge in [-0.05, 0) is 96.1 Å². The normalized spacial score (nSPS) is 25.9. The van der Waals surface area contributed by atoms with E-state index in [4.69, 9.17) is 56.8 Å². The van der Waals surface area contributed by atoms with E-state index in [1.54, 1.807) is 40.6 Å². The van der Waals surface area contributed by atoms with E-state index in [-0.39, 0.29) is 82.1 Å². The first-order chi connectivity index (χ1) is 39.8. The minimum Gasteiger partial charge on any atom is -0.493 e. The van der Waals surface area contributed by atoms with Crippen molar-refractivity contribution in [3.63, 3.8) is 0 Å². The van der Waals surface area contributed by atoms with Crippen LogP contribution in [0.1, 0.15) is 104 Å². The number of likely N-dealkylation sites (N-methyl/N-ethyl adjacent to an activating group) is 2. The highest BCUT2D eigenvalue weighted by Gasteiger charge is 2.59. The summed E-state index contributed by atoms with van der Waals surface area (Å²) in [7, 11) is 10.8. The molecule has 82 heavy (non-hydrogen) atoms. The third-order valence-electron chi connectivity index (χ3n) is 18.4. The highest BCUT2D eigenvalue weighted by atomic mass is 16.7. The molecule has 2 fully saturated rings. The van der Waals surface area contributed by atoms with E-state index in [0.29, 0.717) is 61.2 Å². The maximum atomic E-state index is 11.0. The fraction of sp³-hybridized carbons (Fsp3) is 0.524. The smallest absolute Gasteiger partial charge is 0.231 e. The molecule has 0 aromatic heterocycles. The quantitative estimate of drug-likeness (QED) is 0.0835. The second kappa shape index (κ2) is 23.0. The first kappa shape index (κ1) is 56.9. The van der Waals surface area contributed by atoms with Crippen molar-refractivity contribution in [3.8, 4) is 69.6 Å². The van der Waals surface area contributed by atoms with Crippen molar-refractivity contribution in [2.24, 2.45) is 0 Å². The van der Waals surface area contributed by atoms with Crippen LogP contribution in [0.3, 0.4) is 0 Å². The van der Waals surface area contributed by atoms with Gasteiger partial charge in [-0.1, -0.05) is 44.4 Å². The molecule has 4 aromatic rings.